The first-order chi connectivity index (χ1) is 8.60. The summed E-state index contributed by atoms with van der Waals surface area (Å²) in [6.07, 6.45) is 1.11. The van der Waals surface area contributed by atoms with Gasteiger partial charge < -0.3 is 4.42 Å². The Morgan fingerprint density at radius 3 is 2.11 bits per heavy atom. The van der Waals surface area contributed by atoms with E-state index < -0.39 is 0 Å². The van der Waals surface area contributed by atoms with Gasteiger partial charge in [0.05, 0.1) is 5.01 Å². The van der Waals surface area contributed by atoms with Crippen LogP contribution in [0.1, 0.15) is 56.0 Å². The molecule has 0 fully saturated rings. The minimum Gasteiger partial charge on any atom is -0.417 e. The summed E-state index contributed by atoms with van der Waals surface area (Å²) in [5.41, 5.74) is 1.52. The first-order valence-corrected chi connectivity index (χ1v) is 7.93. The summed E-state index contributed by atoms with van der Waals surface area (Å²) in [6.45, 7) is 8.71. The van der Waals surface area contributed by atoms with E-state index in [1.807, 2.05) is 0 Å². The molecule has 0 saturated carbocycles. The fraction of sp³-hybridized carbons (Fsp3) is 0.538. The summed E-state index contributed by atoms with van der Waals surface area (Å²) >= 11 is 3.50. The van der Waals surface area contributed by atoms with Crippen LogP contribution in [0.5, 0.6) is 0 Å². The van der Waals surface area contributed by atoms with E-state index >= 15 is 0 Å². The molecule has 0 aliphatic heterocycles. The highest BCUT2D eigenvalue weighted by Crippen LogP contribution is 2.40. The minimum absolute atomic E-state index is 0.453. The first kappa shape index (κ1) is 12.1. The third kappa shape index (κ3) is 1.77. The van der Waals surface area contributed by atoms with Gasteiger partial charge in [0.1, 0.15) is 14.4 Å². The SMILES string of the molecule is CCC(C)c1nc2oc3nc(C(C)C)sc3c2s1. The fourth-order valence-corrected chi connectivity index (χ4v) is 4.03. The fourth-order valence-electron chi connectivity index (χ4n) is 1.79. The van der Waals surface area contributed by atoms with Gasteiger partial charge in [0.15, 0.2) is 0 Å². The maximum absolute atomic E-state index is 5.76. The summed E-state index contributed by atoms with van der Waals surface area (Å²) in [5.74, 6) is 0.958. The van der Waals surface area contributed by atoms with Gasteiger partial charge in [-0.25, -0.2) is 9.97 Å². The van der Waals surface area contributed by atoms with Crippen molar-refractivity contribution < 1.29 is 4.42 Å². The Morgan fingerprint density at radius 1 is 1.00 bits per heavy atom. The van der Waals surface area contributed by atoms with Crippen molar-refractivity contribution in [3.8, 4) is 0 Å². The molecule has 0 saturated heterocycles. The van der Waals surface area contributed by atoms with Crippen LogP contribution in [-0.2, 0) is 0 Å². The molecule has 0 radical (unpaired) electrons. The van der Waals surface area contributed by atoms with Crippen molar-refractivity contribution in [2.24, 2.45) is 0 Å². The van der Waals surface area contributed by atoms with E-state index in [2.05, 4.69) is 37.7 Å². The van der Waals surface area contributed by atoms with E-state index in [9.17, 15) is 0 Å². The maximum atomic E-state index is 5.76. The number of nitrogens with zero attached hydrogens (tertiary/aromatic N) is 2. The average molecular weight is 280 g/mol. The van der Waals surface area contributed by atoms with Gasteiger partial charge >= 0.3 is 0 Å². The lowest BCUT2D eigenvalue weighted by Gasteiger charge is -2.00. The maximum Gasteiger partial charge on any atom is 0.241 e. The van der Waals surface area contributed by atoms with Crippen molar-refractivity contribution in [1.82, 2.24) is 9.97 Å². The zero-order valence-corrected chi connectivity index (χ0v) is 12.6. The summed E-state index contributed by atoms with van der Waals surface area (Å²) in [4.78, 5) is 9.12. The van der Waals surface area contributed by atoms with Gasteiger partial charge in [-0.3, -0.25) is 0 Å². The van der Waals surface area contributed by atoms with Crippen LogP contribution in [0.25, 0.3) is 20.8 Å². The van der Waals surface area contributed by atoms with Crippen molar-refractivity contribution in [2.45, 2.75) is 46.0 Å². The molecule has 1 unspecified atom stereocenters. The molecule has 0 aliphatic carbocycles. The minimum atomic E-state index is 0.453. The average Bonchev–Trinajstić information content (AvgIpc) is 2.96. The molecule has 96 valence electrons. The summed E-state index contributed by atoms with van der Waals surface area (Å²) in [5, 5.41) is 2.32. The smallest absolute Gasteiger partial charge is 0.241 e. The highest BCUT2D eigenvalue weighted by Gasteiger charge is 2.19. The van der Waals surface area contributed by atoms with E-state index in [4.69, 9.17) is 4.42 Å². The van der Waals surface area contributed by atoms with Crippen LogP contribution in [-0.4, -0.2) is 9.97 Å². The van der Waals surface area contributed by atoms with E-state index in [0.29, 0.717) is 11.8 Å². The van der Waals surface area contributed by atoms with Gasteiger partial charge in [0.25, 0.3) is 0 Å². The third-order valence-corrected chi connectivity index (χ3v) is 5.92. The molecule has 3 nitrogen and oxygen atoms in total. The summed E-state index contributed by atoms with van der Waals surface area (Å²) in [6, 6.07) is 0. The van der Waals surface area contributed by atoms with Crippen molar-refractivity contribution in [3.05, 3.63) is 10.0 Å². The predicted octanol–water partition coefficient (Wildman–Crippen LogP) is 5.14. The Balaban J connectivity index is 2.16. The van der Waals surface area contributed by atoms with Gasteiger partial charge in [-0.05, 0) is 6.42 Å². The van der Waals surface area contributed by atoms with Gasteiger partial charge in [-0.2, -0.15) is 0 Å². The monoisotopic (exact) mass is 280 g/mol. The van der Waals surface area contributed by atoms with Gasteiger partial charge in [-0.1, -0.05) is 27.7 Å². The van der Waals surface area contributed by atoms with Gasteiger partial charge in [0, 0.05) is 11.8 Å². The Morgan fingerprint density at radius 2 is 1.56 bits per heavy atom. The molecule has 0 aromatic carbocycles. The number of aromatic nitrogens is 2. The zero-order valence-electron chi connectivity index (χ0n) is 11.0. The van der Waals surface area contributed by atoms with Crippen LogP contribution in [0.4, 0.5) is 0 Å². The van der Waals surface area contributed by atoms with Crippen molar-refractivity contribution >= 4 is 43.5 Å². The van der Waals surface area contributed by atoms with Crippen molar-refractivity contribution in [2.75, 3.05) is 0 Å². The summed E-state index contributed by atoms with van der Waals surface area (Å²) in [7, 11) is 0. The molecule has 3 rings (SSSR count). The molecule has 5 heteroatoms. The normalized spacial score (nSPS) is 14.1. The Kier molecular flexibility index (Phi) is 2.90. The van der Waals surface area contributed by atoms with Crippen molar-refractivity contribution in [3.63, 3.8) is 0 Å². The molecule has 1 atom stereocenters. The number of furan rings is 1. The number of hydrogen-bond donors (Lipinski definition) is 0. The van der Waals surface area contributed by atoms with E-state index in [-0.39, 0.29) is 0 Å². The van der Waals surface area contributed by atoms with E-state index in [1.165, 1.54) is 14.4 Å². The highest BCUT2D eigenvalue weighted by molar-refractivity contribution is 7.26. The van der Waals surface area contributed by atoms with Crippen LogP contribution in [0.3, 0.4) is 0 Å². The quantitative estimate of drug-likeness (QED) is 0.667. The summed E-state index contributed by atoms with van der Waals surface area (Å²) < 4.78 is 8.10. The Labute approximate surface area is 114 Å². The van der Waals surface area contributed by atoms with E-state index in [0.717, 1.165) is 22.9 Å². The molecule has 0 amide bonds. The highest BCUT2D eigenvalue weighted by atomic mass is 32.1. The number of thiazole rings is 2. The second kappa shape index (κ2) is 4.31. The molecular weight excluding hydrogens is 264 g/mol. The second-order valence-corrected chi connectivity index (χ2v) is 7.00. The van der Waals surface area contributed by atoms with Crippen LogP contribution >= 0.6 is 22.7 Å². The standard InChI is InChI=1S/C13H16N2OS2/c1-5-7(4)13-15-11-9(18-13)8-10(16-11)14-12(17-8)6(2)3/h6-7H,5H2,1-4H3. The van der Waals surface area contributed by atoms with E-state index in [1.54, 1.807) is 22.7 Å². The lowest BCUT2D eigenvalue weighted by atomic mass is 10.1. The van der Waals surface area contributed by atoms with Crippen LogP contribution < -0.4 is 0 Å². The van der Waals surface area contributed by atoms with Gasteiger partial charge in [0.2, 0.25) is 11.4 Å². The zero-order chi connectivity index (χ0) is 12.9. The lowest BCUT2D eigenvalue weighted by molar-refractivity contribution is 0.632. The van der Waals surface area contributed by atoms with Gasteiger partial charge in [-0.15, -0.1) is 22.7 Å². The molecule has 0 bridgehead atoms. The molecule has 3 heterocycles. The molecule has 0 spiro atoms. The molecule has 3 aromatic heterocycles. The Bertz CT molecular complexity index is 692. The van der Waals surface area contributed by atoms with Crippen LogP contribution in [0.2, 0.25) is 0 Å². The lowest BCUT2D eigenvalue weighted by Crippen LogP contribution is -1.88. The third-order valence-electron chi connectivity index (χ3n) is 3.15. The number of fused-ring (bicyclic) bond motifs is 3. The molecule has 3 aromatic rings. The Hall–Kier alpha value is -0.940. The predicted molar refractivity (Wildman–Crippen MR) is 77.9 cm³/mol. The van der Waals surface area contributed by atoms with Crippen LogP contribution in [0.15, 0.2) is 4.42 Å². The largest absolute Gasteiger partial charge is 0.417 e. The molecule has 18 heavy (non-hydrogen) atoms. The first-order valence-electron chi connectivity index (χ1n) is 6.29. The molecular formula is C13H16N2OS2. The molecule has 0 aliphatic rings. The number of hydrogen-bond acceptors (Lipinski definition) is 5. The number of rotatable bonds is 3. The molecule has 0 N–H and O–H groups in total. The topological polar surface area (TPSA) is 38.9 Å². The van der Waals surface area contributed by atoms with Crippen LogP contribution in [0, 0.1) is 0 Å². The van der Waals surface area contributed by atoms with Crippen molar-refractivity contribution in [1.29, 1.82) is 0 Å². The second-order valence-electron chi connectivity index (χ2n) is 4.94.